The smallest absolute Gasteiger partial charge is 0.306 e. The van der Waals surface area contributed by atoms with Crippen molar-refractivity contribution in [2.75, 3.05) is 0 Å². The van der Waals surface area contributed by atoms with Crippen LogP contribution in [0, 0.1) is 4.64 Å². The number of hydrogen-bond acceptors (Lipinski definition) is 3. The summed E-state index contributed by atoms with van der Waals surface area (Å²) in [6, 6.07) is 5.60. The molecule has 2 N–H and O–H groups in total. The van der Waals surface area contributed by atoms with Gasteiger partial charge in [-0.05, 0) is 17.5 Å². The molecule has 0 aliphatic carbocycles. The van der Waals surface area contributed by atoms with E-state index in [1.165, 1.54) is 0 Å². The highest BCUT2D eigenvalue weighted by molar-refractivity contribution is 7.71. The average molecular weight is 210 g/mol. The van der Waals surface area contributed by atoms with Crippen molar-refractivity contribution < 1.29 is 0 Å². The van der Waals surface area contributed by atoms with Crippen LogP contribution in [0.25, 0.3) is 10.6 Å². The highest BCUT2D eigenvalue weighted by Gasteiger charge is 1.98. The Morgan fingerprint density at radius 3 is 2.85 bits per heavy atom. The predicted octanol–water partition coefficient (Wildman–Crippen LogP) is 2.16. The number of rotatable bonds is 1. The van der Waals surface area contributed by atoms with Crippen LogP contribution in [0.15, 0.2) is 28.4 Å². The van der Waals surface area contributed by atoms with Crippen LogP contribution in [0.4, 0.5) is 0 Å². The number of H-pyrrole nitrogens is 2. The zero-order chi connectivity index (χ0) is 9.26. The number of aromatic nitrogens is 2. The van der Waals surface area contributed by atoms with Crippen LogP contribution in [-0.4, -0.2) is 9.97 Å². The van der Waals surface area contributed by atoms with Crippen LogP contribution in [0.5, 0.6) is 0 Å². The summed E-state index contributed by atoms with van der Waals surface area (Å²) < 4.78 is 0.451. The van der Waals surface area contributed by atoms with Crippen LogP contribution < -0.4 is 5.69 Å². The molecule has 13 heavy (non-hydrogen) atoms. The molecule has 3 nitrogen and oxygen atoms in total. The molecule has 2 aromatic rings. The molecule has 0 fully saturated rings. The lowest BCUT2D eigenvalue weighted by atomic mass is 10.3. The van der Waals surface area contributed by atoms with Crippen LogP contribution in [0.1, 0.15) is 0 Å². The van der Waals surface area contributed by atoms with Gasteiger partial charge in [0, 0.05) is 0 Å². The van der Waals surface area contributed by atoms with Gasteiger partial charge in [-0.3, -0.25) is 4.98 Å². The van der Waals surface area contributed by atoms with Crippen molar-refractivity contribution in [1.29, 1.82) is 0 Å². The summed E-state index contributed by atoms with van der Waals surface area (Å²) in [4.78, 5) is 17.2. The molecule has 0 aliphatic rings. The predicted molar refractivity (Wildman–Crippen MR) is 55.6 cm³/mol. The lowest BCUT2D eigenvalue weighted by Gasteiger charge is -1.94. The molecule has 0 aromatic carbocycles. The van der Waals surface area contributed by atoms with Gasteiger partial charge in [0.05, 0.1) is 10.6 Å². The van der Waals surface area contributed by atoms with Gasteiger partial charge < -0.3 is 4.98 Å². The van der Waals surface area contributed by atoms with Crippen molar-refractivity contribution in [3.63, 3.8) is 0 Å². The summed E-state index contributed by atoms with van der Waals surface area (Å²) in [6.07, 6.45) is 0. The summed E-state index contributed by atoms with van der Waals surface area (Å²) in [6.45, 7) is 0. The van der Waals surface area contributed by atoms with Gasteiger partial charge in [-0.25, -0.2) is 4.79 Å². The van der Waals surface area contributed by atoms with Crippen LogP contribution in [0.3, 0.4) is 0 Å². The number of thiophene rings is 1. The fraction of sp³-hybridized carbons (Fsp3) is 0. The first-order valence-corrected chi connectivity index (χ1v) is 4.92. The lowest BCUT2D eigenvalue weighted by molar-refractivity contribution is 1.07. The second kappa shape index (κ2) is 3.27. The minimum Gasteiger partial charge on any atom is -0.306 e. The van der Waals surface area contributed by atoms with E-state index in [9.17, 15) is 4.79 Å². The van der Waals surface area contributed by atoms with Crippen LogP contribution >= 0.6 is 23.6 Å². The van der Waals surface area contributed by atoms with Crippen molar-refractivity contribution >= 4 is 23.6 Å². The molecule has 2 aromatic heterocycles. The normalized spacial score (nSPS) is 10.2. The van der Waals surface area contributed by atoms with Crippen molar-refractivity contribution in [2.24, 2.45) is 0 Å². The molecule has 0 unspecified atom stereocenters. The Morgan fingerprint density at radius 2 is 2.23 bits per heavy atom. The largest absolute Gasteiger partial charge is 0.324 e. The first-order valence-electron chi connectivity index (χ1n) is 3.63. The highest BCUT2D eigenvalue weighted by atomic mass is 32.1. The summed E-state index contributed by atoms with van der Waals surface area (Å²) in [5.41, 5.74) is 0.500. The molecule has 2 heterocycles. The second-order valence-corrected chi connectivity index (χ2v) is 3.87. The maximum atomic E-state index is 11.0. The van der Waals surface area contributed by atoms with E-state index in [1.54, 1.807) is 17.4 Å². The van der Waals surface area contributed by atoms with Crippen molar-refractivity contribution in [3.05, 3.63) is 38.7 Å². The van der Waals surface area contributed by atoms with Crippen molar-refractivity contribution in [2.45, 2.75) is 0 Å². The summed E-state index contributed by atoms with van der Waals surface area (Å²) in [5, 5.41) is 1.95. The number of nitrogens with one attached hydrogen (secondary N) is 2. The van der Waals surface area contributed by atoms with E-state index in [-0.39, 0.29) is 5.69 Å². The SMILES string of the molecule is O=c1[nH]c(-c2cccs2)cc(=S)[nH]1. The minimum atomic E-state index is -0.268. The van der Waals surface area contributed by atoms with Crippen LogP contribution in [-0.2, 0) is 0 Å². The third kappa shape index (κ3) is 1.76. The van der Waals surface area contributed by atoms with Gasteiger partial charge in [0.15, 0.2) is 0 Å². The quantitative estimate of drug-likeness (QED) is 0.709. The molecule has 0 aliphatic heterocycles. The molecule has 0 saturated carbocycles. The molecular formula is C8H6N2OS2. The third-order valence-corrected chi connectivity index (χ3v) is 2.67. The average Bonchev–Trinajstić information content (AvgIpc) is 2.53. The Balaban J connectivity index is 2.66. The maximum Gasteiger partial charge on any atom is 0.324 e. The fourth-order valence-electron chi connectivity index (χ4n) is 1.03. The molecule has 0 spiro atoms. The van der Waals surface area contributed by atoms with Gasteiger partial charge >= 0.3 is 5.69 Å². The Kier molecular flexibility index (Phi) is 2.12. The molecule has 5 heteroatoms. The molecule has 0 radical (unpaired) electrons. The molecule has 0 atom stereocenters. The van der Waals surface area contributed by atoms with Crippen molar-refractivity contribution in [3.8, 4) is 10.6 Å². The van der Waals surface area contributed by atoms with Gasteiger partial charge in [0.1, 0.15) is 4.64 Å². The number of aromatic amines is 2. The van der Waals surface area contributed by atoms with Crippen molar-refractivity contribution in [1.82, 2.24) is 9.97 Å². The Bertz CT molecular complexity index is 481. The van der Waals surface area contributed by atoms with E-state index in [1.807, 2.05) is 17.5 Å². The fourth-order valence-corrected chi connectivity index (χ4v) is 1.94. The second-order valence-electron chi connectivity index (χ2n) is 2.48. The Labute approximate surface area is 83.1 Å². The Morgan fingerprint density at radius 1 is 1.38 bits per heavy atom. The van der Waals surface area contributed by atoms with E-state index in [4.69, 9.17) is 12.2 Å². The number of hydrogen-bond donors (Lipinski definition) is 2. The van der Waals surface area contributed by atoms with E-state index in [0.29, 0.717) is 4.64 Å². The standard InChI is InChI=1S/C8H6N2OS2/c11-8-9-5(4-7(12)10-8)6-2-1-3-13-6/h1-4H,(H2,9,10,11,12). The van der Waals surface area contributed by atoms with E-state index in [0.717, 1.165) is 10.6 Å². The Hall–Kier alpha value is -1.20. The molecular weight excluding hydrogens is 204 g/mol. The first kappa shape index (κ1) is 8.40. The van der Waals surface area contributed by atoms with E-state index in [2.05, 4.69) is 9.97 Å². The first-order chi connectivity index (χ1) is 6.25. The summed E-state index contributed by atoms with van der Waals surface area (Å²) in [5.74, 6) is 0. The summed E-state index contributed by atoms with van der Waals surface area (Å²) in [7, 11) is 0. The van der Waals surface area contributed by atoms with Gasteiger partial charge in [-0.1, -0.05) is 18.3 Å². The lowest BCUT2D eigenvalue weighted by Crippen LogP contribution is -2.10. The zero-order valence-electron chi connectivity index (χ0n) is 6.53. The molecule has 0 bridgehead atoms. The molecule has 66 valence electrons. The van der Waals surface area contributed by atoms with E-state index < -0.39 is 0 Å². The van der Waals surface area contributed by atoms with E-state index >= 15 is 0 Å². The highest BCUT2D eigenvalue weighted by Crippen LogP contribution is 2.20. The van der Waals surface area contributed by atoms with Gasteiger partial charge in [0.2, 0.25) is 0 Å². The minimum absolute atomic E-state index is 0.268. The third-order valence-electron chi connectivity index (χ3n) is 1.55. The molecule has 0 saturated heterocycles. The zero-order valence-corrected chi connectivity index (χ0v) is 8.17. The topological polar surface area (TPSA) is 48.6 Å². The monoisotopic (exact) mass is 210 g/mol. The molecule has 2 rings (SSSR count). The maximum absolute atomic E-state index is 11.0. The molecule has 0 amide bonds. The van der Waals surface area contributed by atoms with Gasteiger partial charge in [-0.15, -0.1) is 11.3 Å². The van der Waals surface area contributed by atoms with Crippen LogP contribution in [0.2, 0.25) is 0 Å². The van der Waals surface area contributed by atoms with Gasteiger partial charge in [-0.2, -0.15) is 0 Å². The summed E-state index contributed by atoms with van der Waals surface area (Å²) >= 11 is 6.45. The van der Waals surface area contributed by atoms with Gasteiger partial charge in [0.25, 0.3) is 0 Å².